The average molecular weight is 152 g/mol. The van der Waals surface area contributed by atoms with Gasteiger partial charge >= 0.3 is 0 Å². The van der Waals surface area contributed by atoms with Crippen LogP contribution in [0.15, 0.2) is 6.20 Å². The molecule has 0 saturated carbocycles. The molecule has 0 amide bonds. The Hall–Kier alpha value is -0.900. The van der Waals surface area contributed by atoms with E-state index in [0.29, 0.717) is 0 Å². The minimum absolute atomic E-state index is 0.0312. The Morgan fingerprint density at radius 2 is 2.45 bits per heavy atom. The quantitative estimate of drug-likeness (QED) is 0.564. The zero-order valence-corrected chi connectivity index (χ0v) is 6.78. The van der Waals surface area contributed by atoms with Crippen molar-refractivity contribution in [2.24, 2.45) is 5.73 Å². The van der Waals surface area contributed by atoms with Gasteiger partial charge in [0.15, 0.2) is 0 Å². The van der Waals surface area contributed by atoms with Crippen LogP contribution in [-0.2, 0) is 12.0 Å². The van der Waals surface area contributed by atoms with Crippen molar-refractivity contribution >= 4 is 0 Å². The van der Waals surface area contributed by atoms with Crippen molar-refractivity contribution < 1.29 is 0 Å². The van der Waals surface area contributed by atoms with Crippen LogP contribution in [0.2, 0.25) is 0 Å². The van der Waals surface area contributed by atoms with Crippen LogP contribution in [0.25, 0.3) is 0 Å². The molecule has 2 N–H and O–H groups in total. The number of fused-ring (bicyclic) bond motifs is 1. The molecule has 1 aromatic rings. The Kier molecular flexibility index (Phi) is 1.12. The summed E-state index contributed by atoms with van der Waals surface area (Å²) in [5.74, 6) is 0. The van der Waals surface area contributed by atoms with Gasteiger partial charge in [-0.3, -0.25) is 0 Å². The van der Waals surface area contributed by atoms with Crippen molar-refractivity contribution in [2.75, 3.05) is 0 Å². The van der Waals surface area contributed by atoms with Crippen molar-refractivity contribution in [3.8, 4) is 0 Å². The van der Waals surface area contributed by atoms with E-state index < -0.39 is 0 Å². The van der Waals surface area contributed by atoms with Gasteiger partial charge in [-0.05, 0) is 0 Å². The first-order valence-electron chi connectivity index (χ1n) is 3.77. The predicted molar refractivity (Wildman–Crippen MR) is 41.0 cm³/mol. The van der Waals surface area contributed by atoms with Crippen molar-refractivity contribution in [1.29, 1.82) is 0 Å². The monoisotopic (exact) mass is 152 g/mol. The zero-order chi connectivity index (χ0) is 8.06. The number of rotatable bonds is 0. The van der Waals surface area contributed by atoms with Gasteiger partial charge in [-0.25, -0.2) is 4.68 Å². The Labute approximate surface area is 65.4 Å². The first-order chi connectivity index (χ1) is 5.12. The first kappa shape index (κ1) is 6.79. The van der Waals surface area contributed by atoms with E-state index in [1.807, 2.05) is 4.68 Å². The molecule has 0 bridgehead atoms. The summed E-state index contributed by atoms with van der Waals surface area (Å²) in [6.45, 7) is 5.04. The summed E-state index contributed by atoms with van der Waals surface area (Å²) in [7, 11) is 0. The molecule has 0 spiro atoms. The van der Waals surface area contributed by atoms with Gasteiger partial charge in [-0.2, -0.15) is 0 Å². The molecular formula is C7H12N4. The maximum atomic E-state index is 5.92. The van der Waals surface area contributed by atoms with Crippen molar-refractivity contribution in [3.05, 3.63) is 11.9 Å². The number of aromatic nitrogens is 3. The van der Waals surface area contributed by atoms with Gasteiger partial charge in [-0.15, -0.1) is 5.10 Å². The number of nitrogens with two attached hydrogens (primary N) is 1. The molecule has 1 atom stereocenters. The molecule has 0 saturated heterocycles. The highest BCUT2D eigenvalue weighted by atomic mass is 15.4. The standard InChI is InChI=1S/C7H12N4/c1-7(2)5(8)4-11-6(7)3-9-10-11/h3,5H,4,8H2,1-2H3/t5-/m1/s1. The van der Waals surface area contributed by atoms with E-state index in [1.54, 1.807) is 6.20 Å². The van der Waals surface area contributed by atoms with Crippen molar-refractivity contribution in [3.63, 3.8) is 0 Å². The van der Waals surface area contributed by atoms with Gasteiger partial charge in [0.1, 0.15) is 0 Å². The Morgan fingerprint density at radius 3 is 3.09 bits per heavy atom. The lowest BCUT2D eigenvalue weighted by molar-refractivity contribution is 0.432. The predicted octanol–water partition coefficient (Wildman–Crippen LogP) is -0.103. The van der Waals surface area contributed by atoms with E-state index in [4.69, 9.17) is 5.73 Å². The lowest BCUT2D eigenvalue weighted by atomic mass is 9.85. The Balaban J connectivity index is 2.52. The zero-order valence-electron chi connectivity index (χ0n) is 6.78. The summed E-state index contributed by atoms with van der Waals surface area (Å²) in [5.41, 5.74) is 7.09. The van der Waals surface area contributed by atoms with Crippen LogP contribution in [0.1, 0.15) is 19.5 Å². The smallest absolute Gasteiger partial charge is 0.0731 e. The second-order valence-corrected chi connectivity index (χ2v) is 3.63. The first-order valence-corrected chi connectivity index (χ1v) is 3.77. The van der Waals surface area contributed by atoms with Crippen LogP contribution in [0, 0.1) is 0 Å². The minimum atomic E-state index is 0.0312. The molecule has 11 heavy (non-hydrogen) atoms. The van der Waals surface area contributed by atoms with Gasteiger partial charge in [0.25, 0.3) is 0 Å². The Morgan fingerprint density at radius 1 is 1.73 bits per heavy atom. The van der Waals surface area contributed by atoms with Gasteiger partial charge in [0, 0.05) is 11.5 Å². The van der Waals surface area contributed by atoms with Crippen LogP contribution in [-0.4, -0.2) is 21.0 Å². The maximum absolute atomic E-state index is 5.92. The highest BCUT2D eigenvalue weighted by Gasteiger charge is 2.38. The normalized spacial score (nSPS) is 27.0. The Bertz CT molecular complexity index is 276. The third-order valence-corrected chi connectivity index (χ3v) is 2.57. The maximum Gasteiger partial charge on any atom is 0.0731 e. The molecule has 4 nitrogen and oxygen atoms in total. The van der Waals surface area contributed by atoms with E-state index >= 15 is 0 Å². The van der Waals surface area contributed by atoms with Crippen LogP contribution in [0.5, 0.6) is 0 Å². The molecule has 2 heterocycles. The third kappa shape index (κ3) is 0.728. The van der Waals surface area contributed by atoms with E-state index in [9.17, 15) is 0 Å². The molecular weight excluding hydrogens is 140 g/mol. The van der Waals surface area contributed by atoms with Crippen molar-refractivity contribution in [2.45, 2.75) is 31.8 Å². The summed E-state index contributed by atoms with van der Waals surface area (Å²) in [6.07, 6.45) is 1.80. The molecule has 0 aliphatic carbocycles. The summed E-state index contributed by atoms with van der Waals surface area (Å²) in [4.78, 5) is 0. The summed E-state index contributed by atoms with van der Waals surface area (Å²) in [6, 6.07) is 0.174. The molecule has 0 unspecified atom stereocenters. The fourth-order valence-electron chi connectivity index (χ4n) is 1.50. The SMILES string of the molecule is CC1(C)c2cnnn2C[C@H]1N. The van der Waals surface area contributed by atoms with Gasteiger partial charge in [0.2, 0.25) is 0 Å². The second kappa shape index (κ2) is 1.82. The van der Waals surface area contributed by atoms with E-state index in [2.05, 4.69) is 24.2 Å². The molecule has 1 aliphatic heterocycles. The van der Waals surface area contributed by atoms with E-state index in [0.717, 1.165) is 12.2 Å². The molecule has 4 heteroatoms. The molecule has 1 aliphatic rings. The summed E-state index contributed by atoms with van der Waals surface area (Å²) in [5, 5.41) is 7.76. The molecule has 60 valence electrons. The second-order valence-electron chi connectivity index (χ2n) is 3.63. The number of hydrogen-bond donors (Lipinski definition) is 1. The van der Waals surface area contributed by atoms with Gasteiger partial charge < -0.3 is 5.73 Å². The lowest BCUT2D eigenvalue weighted by Gasteiger charge is -2.21. The average Bonchev–Trinajstić information content (AvgIpc) is 2.41. The van der Waals surface area contributed by atoms with Gasteiger partial charge in [0.05, 0.1) is 18.4 Å². The van der Waals surface area contributed by atoms with Gasteiger partial charge in [-0.1, -0.05) is 19.1 Å². The highest BCUT2D eigenvalue weighted by molar-refractivity contribution is 5.18. The van der Waals surface area contributed by atoms with Crippen LogP contribution < -0.4 is 5.73 Å². The van der Waals surface area contributed by atoms with Crippen LogP contribution in [0.4, 0.5) is 0 Å². The van der Waals surface area contributed by atoms with Crippen molar-refractivity contribution in [1.82, 2.24) is 15.0 Å². The molecule has 2 rings (SSSR count). The molecule has 0 aromatic carbocycles. The third-order valence-electron chi connectivity index (χ3n) is 2.57. The van der Waals surface area contributed by atoms with Crippen LogP contribution >= 0.6 is 0 Å². The van der Waals surface area contributed by atoms with E-state index in [-0.39, 0.29) is 11.5 Å². The topological polar surface area (TPSA) is 56.7 Å². The lowest BCUT2D eigenvalue weighted by Crippen LogP contribution is -2.37. The number of hydrogen-bond acceptors (Lipinski definition) is 3. The number of nitrogens with zero attached hydrogens (tertiary/aromatic N) is 3. The fourth-order valence-corrected chi connectivity index (χ4v) is 1.50. The summed E-state index contributed by atoms with van der Waals surface area (Å²) < 4.78 is 1.88. The van der Waals surface area contributed by atoms with E-state index in [1.165, 1.54) is 0 Å². The summed E-state index contributed by atoms with van der Waals surface area (Å²) >= 11 is 0. The molecule has 1 aromatic heterocycles. The fraction of sp³-hybridized carbons (Fsp3) is 0.714. The molecule has 0 fully saturated rings. The van der Waals surface area contributed by atoms with Crippen LogP contribution in [0.3, 0.4) is 0 Å². The molecule has 0 radical (unpaired) electrons. The largest absolute Gasteiger partial charge is 0.325 e. The highest BCUT2D eigenvalue weighted by Crippen LogP contribution is 2.31. The minimum Gasteiger partial charge on any atom is -0.325 e.